The van der Waals surface area contributed by atoms with Crippen molar-refractivity contribution in [2.45, 2.75) is 25.6 Å². The van der Waals surface area contributed by atoms with Gasteiger partial charge in [0.05, 0.1) is 22.8 Å². The summed E-state index contributed by atoms with van der Waals surface area (Å²) in [6.07, 6.45) is 1.54. The molecule has 196 valence electrons. The molecular weight excluding hydrogens is 499 g/mol. The Morgan fingerprint density at radius 2 is 1.82 bits per heavy atom. The summed E-state index contributed by atoms with van der Waals surface area (Å²) in [6.45, 7) is 2.58. The molecule has 0 atom stereocenters. The lowest BCUT2D eigenvalue weighted by atomic mass is 10.1. The Morgan fingerprint density at radius 3 is 2.53 bits per heavy atom. The van der Waals surface area contributed by atoms with Crippen LogP contribution < -0.4 is 16.4 Å². The van der Waals surface area contributed by atoms with Crippen LogP contribution in [-0.4, -0.2) is 50.0 Å². The van der Waals surface area contributed by atoms with Crippen molar-refractivity contribution in [3.63, 3.8) is 0 Å². The molecule has 38 heavy (non-hydrogen) atoms. The van der Waals surface area contributed by atoms with E-state index in [0.29, 0.717) is 6.54 Å². The molecule has 2 aromatic heterocycles. The highest BCUT2D eigenvalue weighted by molar-refractivity contribution is 6.08. The highest BCUT2D eigenvalue weighted by Gasteiger charge is 2.31. The fraction of sp³-hybridized carbons (Fsp3) is 0.269. The van der Waals surface area contributed by atoms with Crippen LogP contribution in [0.5, 0.6) is 0 Å². The first-order valence-corrected chi connectivity index (χ1v) is 12.0. The predicted molar refractivity (Wildman–Crippen MR) is 135 cm³/mol. The average Bonchev–Trinajstić information content (AvgIpc) is 3.45. The summed E-state index contributed by atoms with van der Waals surface area (Å²) < 4.78 is 42.0. The number of hydrazine groups is 1. The van der Waals surface area contributed by atoms with E-state index >= 15 is 0 Å². The number of amides is 1. The van der Waals surface area contributed by atoms with E-state index in [9.17, 15) is 22.8 Å². The fourth-order valence-corrected chi connectivity index (χ4v) is 4.58. The zero-order chi connectivity index (χ0) is 26.9. The Hall–Kier alpha value is -4.16. The van der Waals surface area contributed by atoms with Crippen LogP contribution in [0.4, 0.5) is 18.9 Å². The van der Waals surface area contributed by atoms with Gasteiger partial charge in [0.2, 0.25) is 0 Å². The van der Waals surface area contributed by atoms with Gasteiger partial charge in [-0.25, -0.2) is 20.8 Å². The summed E-state index contributed by atoms with van der Waals surface area (Å²) in [4.78, 5) is 41.4. The SMILES string of the molecule is NN(C(=O)c1cnccn1)c1cccc2c(=O)n(CCN3CCCC3)c(-c3cccc(C(F)(F)F)c3)nc12. The van der Waals surface area contributed by atoms with Gasteiger partial charge in [-0.05, 0) is 50.2 Å². The van der Waals surface area contributed by atoms with Crippen LogP contribution >= 0.6 is 0 Å². The van der Waals surface area contributed by atoms with Crippen molar-refractivity contribution in [3.05, 3.63) is 82.7 Å². The number of rotatable bonds is 6. The number of fused-ring (bicyclic) bond motifs is 1. The highest BCUT2D eigenvalue weighted by atomic mass is 19.4. The summed E-state index contributed by atoms with van der Waals surface area (Å²) in [5.74, 6) is 5.52. The summed E-state index contributed by atoms with van der Waals surface area (Å²) in [7, 11) is 0. The van der Waals surface area contributed by atoms with E-state index in [1.165, 1.54) is 41.4 Å². The minimum Gasteiger partial charge on any atom is -0.302 e. The molecule has 1 aliphatic heterocycles. The molecule has 0 spiro atoms. The van der Waals surface area contributed by atoms with Crippen LogP contribution in [0.2, 0.25) is 0 Å². The van der Waals surface area contributed by atoms with Crippen molar-refractivity contribution < 1.29 is 18.0 Å². The third-order valence-corrected chi connectivity index (χ3v) is 6.51. The zero-order valence-corrected chi connectivity index (χ0v) is 20.2. The lowest BCUT2D eigenvalue weighted by Gasteiger charge is -2.21. The van der Waals surface area contributed by atoms with Crippen LogP contribution in [0.15, 0.2) is 65.8 Å². The number of hydrogen-bond acceptors (Lipinski definition) is 7. The summed E-state index contributed by atoms with van der Waals surface area (Å²) in [5.41, 5.74) is -1.01. The Balaban J connectivity index is 1.67. The quantitative estimate of drug-likeness (QED) is 0.234. The molecule has 0 aliphatic carbocycles. The van der Waals surface area contributed by atoms with Crippen molar-refractivity contribution in [2.24, 2.45) is 5.84 Å². The number of benzene rings is 2. The molecule has 0 radical (unpaired) electrons. The normalized spacial score (nSPS) is 14.2. The van der Waals surface area contributed by atoms with Crippen LogP contribution in [0, 0.1) is 0 Å². The van der Waals surface area contributed by atoms with E-state index in [-0.39, 0.29) is 40.2 Å². The molecular formula is C26H24F3N7O2. The molecule has 2 aromatic carbocycles. The molecule has 0 saturated carbocycles. The fourth-order valence-electron chi connectivity index (χ4n) is 4.58. The van der Waals surface area contributed by atoms with Gasteiger partial charge in [-0.3, -0.25) is 19.1 Å². The number of nitrogens with two attached hydrogens (primary N) is 1. The Labute approximate surface area is 215 Å². The number of anilines is 1. The van der Waals surface area contributed by atoms with E-state index in [1.807, 2.05) is 0 Å². The van der Waals surface area contributed by atoms with E-state index < -0.39 is 23.2 Å². The maximum atomic E-state index is 13.7. The van der Waals surface area contributed by atoms with Gasteiger partial charge in [0.25, 0.3) is 11.5 Å². The summed E-state index contributed by atoms with van der Waals surface area (Å²) in [5, 5.41) is 0.991. The molecule has 12 heteroatoms. The monoisotopic (exact) mass is 523 g/mol. The highest BCUT2D eigenvalue weighted by Crippen LogP contribution is 2.32. The molecule has 1 fully saturated rings. The third-order valence-electron chi connectivity index (χ3n) is 6.51. The van der Waals surface area contributed by atoms with Crippen LogP contribution in [-0.2, 0) is 12.7 Å². The third kappa shape index (κ3) is 5.00. The van der Waals surface area contributed by atoms with Gasteiger partial charge in [0.15, 0.2) is 0 Å². The minimum absolute atomic E-state index is 0.0240. The number of carbonyl (C=O) groups excluding carboxylic acids is 1. The average molecular weight is 524 g/mol. The Morgan fingerprint density at radius 1 is 1.05 bits per heavy atom. The predicted octanol–water partition coefficient (Wildman–Crippen LogP) is 3.49. The van der Waals surface area contributed by atoms with Gasteiger partial charge >= 0.3 is 6.18 Å². The van der Waals surface area contributed by atoms with Crippen molar-refractivity contribution in [3.8, 4) is 11.4 Å². The first-order valence-electron chi connectivity index (χ1n) is 12.0. The molecule has 9 nitrogen and oxygen atoms in total. The first-order chi connectivity index (χ1) is 18.2. The lowest BCUT2D eigenvalue weighted by molar-refractivity contribution is -0.137. The molecule has 0 unspecified atom stereocenters. The summed E-state index contributed by atoms with van der Waals surface area (Å²) in [6, 6.07) is 9.31. The molecule has 1 saturated heterocycles. The topological polar surface area (TPSA) is 110 Å². The second-order valence-electron chi connectivity index (χ2n) is 8.96. The number of hydrogen-bond donors (Lipinski definition) is 1. The minimum atomic E-state index is -4.57. The van der Waals surface area contributed by atoms with Gasteiger partial charge < -0.3 is 4.90 Å². The zero-order valence-electron chi connectivity index (χ0n) is 20.2. The van der Waals surface area contributed by atoms with Crippen LogP contribution in [0.3, 0.4) is 0 Å². The van der Waals surface area contributed by atoms with Crippen molar-refractivity contribution >= 4 is 22.5 Å². The van der Waals surface area contributed by atoms with E-state index in [4.69, 9.17) is 5.84 Å². The van der Waals surface area contributed by atoms with Gasteiger partial charge in [0.1, 0.15) is 17.0 Å². The van der Waals surface area contributed by atoms with Gasteiger partial charge in [-0.15, -0.1) is 0 Å². The molecule has 2 N–H and O–H groups in total. The second kappa shape index (κ2) is 10.3. The Kier molecular flexibility index (Phi) is 6.91. The number of aromatic nitrogens is 4. The molecule has 4 aromatic rings. The number of likely N-dealkylation sites (tertiary alicyclic amines) is 1. The standard InChI is InChI=1S/C26H24F3N7O2/c27-26(28,29)18-6-3-5-17(15-18)23-33-22-19(24(37)35(23)14-13-34-11-1-2-12-34)7-4-8-21(22)36(30)25(38)20-16-31-9-10-32-20/h3-10,15-16H,1-2,11-14,30H2. The maximum absolute atomic E-state index is 13.7. The van der Waals surface area contributed by atoms with Crippen LogP contribution in [0.25, 0.3) is 22.3 Å². The number of halogens is 3. The first kappa shape index (κ1) is 25.5. The van der Waals surface area contributed by atoms with Crippen LogP contribution in [0.1, 0.15) is 28.9 Å². The summed E-state index contributed by atoms with van der Waals surface area (Å²) >= 11 is 0. The van der Waals surface area contributed by atoms with Crippen molar-refractivity contribution in [1.82, 2.24) is 24.4 Å². The smallest absolute Gasteiger partial charge is 0.302 e. The molecule has 3 heterocycles. The number of nitrogens with zero attached hydrogens (tertiary/aromatic N) is 6. The second-order valence-corrected chi connectivity index (χ2v) is 8.96. The molecule has 5 rings (SSSR count). The van der Waals surface area contributed by atoms with E-state index in [1.54, 1.807) is 12.1 Å². The Bertz CT molecular complexity index is 1530. The lowest BCUT2D eigenvalue weighted by Crippen LogP contribution is -2.38. The number of para-hydroxylation sites is 1. The van der Waals surface area contributed by atoms with Gasteiger partial charge in [-0.2, -0.15) is 13.2 Å². The molecule has 1 amide bonds. The van der Waals surface area contributed by atoms with E-state index in [2.05, 4.69) is 19.9 Å². The van der Waals surface area contributed by atoms with E-state index in [0.717, 1.165) is 43.1 Å². The van der Waals surface area contributed by atoms with Gasteiger partial charge in [-0.1, -0.05) is 18.2 Å². The molecule has 1 aliphatic rings. The van der Waals surface area contributed by atoms with Crippen molar-refractivity contribution in [2.75, 3.05) is 24.6 Å². The van der Waals surface area contributed by atoms with Crippen molar-refractivity contribution in [1.29, 1.82) is 0 Å². The largest absolute Gasteiger partial charge is 0.416 e. The maximum Gasteiger partial charge on any atom is 0.416 e. The number of carbonyl (C=O) groups is 1. The molecule has 0 bridgehead atoms. The number of alkyl halides is 3. The van der Waals surface area contributed by atoms with Gasteiger partial charge in [0, 0.05) is 31.0 Å².